The molecule has 9 rings (SSSR count). The Balaban J connectivity index is 1.13. The van der Waals surface area contributed by atoms with Crippen LogP contribution in [0.5, 0.6) is 0 Å². The number of pyridine rings is 3. The van der Waals surface area contributed by atoms with E-state index in [4.69, 9.17) is 15.0 Å². The molecule has 1 aliphatic rings. The number of para-hydroxylation sites is 1. The first kappa shape index (κ1) is 26.5. The molecule has 0 spiro atoms. The monoisotopic (exact) mass is 587 g/mol. The molecule has 0 aliphatic heterocycles. The average Bonchev–Trinajstić information content (AvgIpc) is 3.37. The molecule has 8 aromatic rings. The SMILES string of the molecule is Cc1cc(-c2cc3c(c4ncccc24)CC=CC=C3)cnc1-c1ccc(-c2nc3ccccc3c3c2ccc2ccccc23)cc1. The van der Waals surface area contributed by atoms with Gasteiger partial charge in [0.15, 0.2) is 0 Å². The van der Waals surface area contributed by atoms with Crippen LogP contribution in [-0.2, 0) is 6.42 Å². The Morgan fingerprint density at radius 3 is 2.26 bits per heavy atom. The van der Waals surface area contributed by atoms with Crippen LogP contribution < -0.4 is 0 Å². The molecule has 0 bridgehead atoms. The third kappa shape index (κ3) is 4.24. The molecule has 0 saturated carbocycles. The zero-order valence-corrected chi connectivity index (χ0v) is 25.4. The second kappa shape index (κ2) is 10.6. The standard InChI is InChI=1S/C43H29N3/c1-27-24-32(38-25-31-11-3-2-4-13-34(31)43-35(38)15-9-23-44-43)26-45-41(27)29-17-19-30(20-18-29)42-37-22-21-28-10-5-6-12-33(28)40(37)36-14-7-8-16-39(36)46-42/h2-12,14-26H,13H2,1H3. The maximum Gasteiger partial charge on any atom is 0.0788 e. The van der Waals surface area contributed by atoms with Crippen LogP contribution in [0.4, 0.5) is 0 Å². The molecule has 3 nitrogen and oxygen atoms in total. The van der Waals surface area contributed by atoms with Crippen molar-refractivity contribution >= 4 is 49.4 Å². The van der Waals surface area contributed by atoms with Gasteiger partial charge in [0.25, 0.3) is 0 Å². The van der Waals surface area contributed by atoms with Gasteiger partial charge in [0, 0.05) is 50.6 Å². The van der Waals surface area contributed by atoms with Crippen LogP contribution in [0.25, 0.3) is 83.1 Å². The minimum Gasteiger partial charge on any atom is -0.256 e. The zero-order valence-electron chi connectivity index (χ0n) is 25.4. The second-order valence-corrected chi connectivity index (χ2v) is 12.0. The van der Waals surface area contributed by atoms with Gasteiger partial charge in [-0.2, -0.15) is 0 Å². The summed E-state index contributed by atoms with van der Waals surface area (Å²) in [6.07, 6.45) is 13.4. The molecule has 46 heavy (non-hydrogen) atoms. The number of fused-ring (bicyclic) bond motifs is 8. The van der Waals surface area contributed by atoms with Gasteiger partial charge in [-0.25, -0.2) is 4.98 Å². The van der Waals surface area contributed by atoms with E-state index >= 15 is 0 Å². The van der Waals surface area contributed by atoms with Gasteiger partial charge in [0.1, 0.15) is 0 Å². The van der Waals surface area contributed by atoms with Gasteiger partial charge < -0.3 is 0 Å². The van der Waals surface area contributed by atoms with Gasteiger partial charge in [-0.05, 0) is 70.6 Å². The van der Waals surface area contributed by atoms with Crippen molar-refractivity contribution in [3.63, 3.8) is 0 Å². The Morgan fingerprint density at radius 2 is 1.39 bits per heavy atom. The fourth-order valence-corrected chi connectivity index (χ4v) is 7.10. The number of rotatable bonds is 3. The van der Waals surface area contributed by atoms with Crippen molar-refractivity contribution in [2.24, 2.45) is 0 Å². The van der Waals surface area contributed by atoms with Crippen molar-refractivity contribution in [1.29, 1.82) is 0 Å². The van der Waals surface area contributed by atoms with Crippen molar-refractivity contribution in [2.75, 3.05) is 0 Å². The maximum absolute atomic E-state index is 5.18. The van der Waals surface area contributed by atoms with Crippen molar-refractivity contribution in [2.45, 2.75) is 13.3 Å². The van der Waals surface area contributed by atoms with E-state index in [0.717, 1.165) is 67.4 Å². The van der Waals surface area contributed by atoms with E-state index < -0.39 is 0 Å². The number of nitrogens with zero attached hydrogens (tertiary/aromatic N) is 3. The fourth-order valence-electron chi connectivity index (χ4n) is 7.10. The van der Waals surface area contributed by atoms with E-state index in [0.29, 0.717) is 0 Å². The molecule has 1 aliphatic carbocycles. The van der Waals surface area contributed by atoms with Crippen LogP contribution in [0.1, 0.15) is 16.7 Å². The minimum atomic E-state index is 0.878. The normalized spacial score (nSPS) is 12.6. The Morgan fingerprint density at radius 1 is 0.609 bits per heavy atom. The number of hydrogen-bond acceptors (Lipinski definition) is 3. The van der Waals surface area contributed by atoms with Gasteiger partial charge in [-0.1, -0.05) is 109 Å². The minimum absolute atomic E-state index is 0.878. The largest absolute Gasteiger partial charge is 0.256 e. The third-order valence-corrected chi connectivity index (χ3v) is 9.29. The summed E-state index contributed by atoms with van der Waals surface area (Å²) in [4.78, 5) is 15.0. The molecule has 0 saturated heterocycles. The topological polar surface area (TPSA) is 38.7 Å². The highest BCUT2D eigenvalue weighted by molar-refractivity contribution is 6.22. The maximum atomic E-state index is 5.18. The highest BCUT2D eigenvalue weighted by atomic mass is 14.7. The summed E-state index contributed by atoms with van der Waals surface area (Å²) in [6, 6.07) is 38.9. The van der Waals surface area contributed by atoms with Gasteiger partial charge in [-0.15, -0.1) is 0 Å². The molecule has 0 unspecified atom stereocenters. The van der Waals surface area contributed by atoms with E-state index in [-0.39, 0.29) is 0 Å². The molecular formula is C43H29N3. The van der Waals surface area contributed by atoms with Crippen LogP contribution in [0, 0.1) is 6.92 Å². The van der Waals surface area contributed by atoms with Gasteiger partial charge >= 0.3 is 0 Å². The molecular weight excluding hydrogens is 558 g/mol. The lowest BCUT2D eigenvalue weighted by atomic mass is 9.92. The van der Waals surface area contributed by atoms with E-state index in [2.05, 4.69) is 134 Å². The van der Waals surface area contributed by atoms with Crippen LogP contribution in [0.15, 0.2) is 140 Å². The summed E-state index contributed by atoms with van der Waals surface area (Å²) in [5.41, 5.74) is 12.1. The van der Waals surface area contributed by atoms with Gasteiger partial charge in [0.05, 0.1) is 22.4 Å². The predicted octanol–water partition coefficient (Wildman–Crippen LogP) is 10.9. The highest BCUT2D eigenvalue weighted by Gasteiger charge is 2.16. The zero-order chi connectivity index (χ0) is 30.6. The Kier molecular flexibility index (Phi) is 6.10. The Bertz CT molecular complexity index is 2540. The molecule has 3 heterocycles. The van der Waals surface area contributed by atoms with Crippen molar-refractivity contribution in [3.05, 3.63) is 157 Å². The molecule has 216 valence electrons. The Labute approximate surface area is 267 Å². The van der Waals surface area contributed by atoms with E-state index in [1.54, 1.807) is 0 Å². The van der Waals surface area contributed by atoms with Crippen LogP contribution in [0.3, 0.4) is 0 Å². The lowest BCUT2D eigenvalue weighted by molar-refractivity contribution is 1.25. The first-order valence-corrected chi connectivity index (χ1v) is 15.7. The third-order valence-electron chi connectivity index (χ3n) is 9.29. The molecule has 5 aromatic carbocycles. The first-order valence-electron chi connectivity index (χ1n) is 15.7. The van der Waals surface area contributed by atoms with Crippen molar-refractivity contribution in [3.8, 4) is 33.6 Å². The number of allylic oxidation sites excluding steroid dienone is 3. The molecule has 3 aromatic heterocycles. The van der Waals surface area contributed by atoms with Crippen molar-refractivity contribution < 1.29 is 0 Å². The fraction of sp³-hybridized carbons (Fsp3) is 0.0465. The lowest BCUT2D eigenvalue weighted by Gasteiger charge is -2.15. The summed E-state index contributed by atoms with van der Waals surface area (Å²) >= 11 is 0. The number of aryl methyl sites for hydroxylation is 1. The molecule has 0 radical (unpaired) electrons. The van der Waals surface area contributed by atoms with Crippen LogP contribution in [0.2, 0.25) is 0 Å². The molecule has 0 atom stereocenters. The molecule has 3 heteroatoms. The summed E-state index contributed by atoms with van der Waals surface area (Å²) in [5, 5.41) is 7.25. The summed E-state index contributed by atoms with van der Waals surface area (Å²) in [7, 11) is 0. The number of aromatic nitrogens is 3. The van der Waals surface area contributed by atoms with E-state index in [1.165, 1.54) is 32.7 Å². The number of benzene rings is 5. The van der Waals surface area contributed by atoms with E-state index in [9.17, 15) is 0 Å². The summed E-state index contributed by atoms with van der Waals surface area (Å²) < 4.78 is 0. The quantitative estimate of drug-likeness (QED) is 0.193. The van der Waals surface area contributed by atoms with Crippen LogP contribution in [-0.4, -0.2) is 15.0 Å². The first-order chi connectivity index (χ1) is 22.7. The summed E-state index contributed by atoms with van der Waals surface area (Å²) in [6.45, 7) is 2.15. The van der Waals surface area contributed by atoms with E-state index in [1.807, 2.05) is 18.5 Å². The average molecular weight is 588 g/mol. The molecule has 0 amide bonds. The highest BCUT2D eigenvalue weighted by Crippen LogP contribution is 2.39. The predicted molar refractivity (Wildman–Crippen MR) is 193 cm³/mol. The Hall–Kier alpha value is -5.93. The van der Waals surface area contributed by atoms with Gasteiger partial charge in [-0.3, -0.25) is 9.97 Å². The molecule has 0 fully saturated rings. The lowest BCUT2D eigenvalue weighted by Crippen LogP contribution is -1.96. The molecule has 0 N–H and O–H groups in total. The van der Waals surface area contributed by atoms with Crippen LogP contribution >= 0.6 is 0 Å². The number of hydrogen-bond donors (Lipinski definition) is 0. The smallest absolute Gasteiger partial charge is 0.0788 e. The summed E-state index contributed by atoms with van der Waals surface area (Å²) in [5.74, 6) is 0. The van der Waals surface area contributed by atoms with Crippen molar-refractivity contribution in [1.82, 2.24) is 15.0 Å². The second-order valence-electron chi connectivity index (χ2n) is 12.0. The van der Waals surface area contributed by atoms with Gasteiger partial charge in [0.2, 0.25) is 0 Å².